The maximum atomic E-state index is 12.8. The number of methoxy groups -OCH3 is 1. The van der Waals surface area contributed by atoms with E-state index in [0.29, 0.717) is 6.54 Å². The molecule has 3 N–H and O–H groups in total. The molecule has 1 heterocycles. The second-order valence-electron chi connectivity index (χ2n) is 6.03. The van der Waals surface area contributed by atoms with Crippen molar-refractivity contribution in [2.45, 2.75) is 37.6 Å². The summed E-state index contributed by atoms with van der Waals surface area (Å²) in [6.07, 6.45) is 1.99. The van der Waals surface area contributed by atoms with Gasteiger partial charge in [0.2, 0.25) is 0 Å². The van der Waals surface area contributed by atoms with Crippen LogP contribution in [0.3, 0.4) is 0 Å². The van der Waals surface area contributed by atoms with Gasteiger partial charge in [0, 0.05) is 18.7 Å². The molecule has 1 aliphatic heterocycles. The molecule has 1 aromatic rings. The number of amides is 1. The summed E-state index contributed by atoms with van der Waals surface area (Å²) >= 11 is 0. The number of likely N-dealkylation sites (tertiary alicyclic amines) is 1. The van der Waals surface area contributed by atoms with Crippen LogP contribution in [0, 0.1) is 0 Å². The smallest absolute Gasteiger partial charge is 0.255 e. The minimum absolute atomic E-state index is 0.161. The van der Waals surface area contributed by atoms with Crippen LogP contribution in [0.2, 0.25) is 0 Å². The third-order valence-electron chi connectivity index (χ3n) is 4.59. The lowest BCUT2D eigenvalue weighted by Crippen LogP contribution is -2.40. The number of benzene rings is 1. The molecule has 1 aromatic carbocycles. The van der Waals surface area contributed by atoms with Crippen LogP contribution >= 0.6 is 0 Å². The Morgan fingerprint density at radius 2 is 2.24 bits per heavy atom. The van der Waals surface area contributed by atoms with E-state index in [1.54, 1.807) is 0 Å². The van der Waals surface area contributed by atoms with Gasteiger partial charge in [-0.1, -0.05) is 13.8 Å². The van der Waals surface area contributed by atoms with Crippen molar-refractivity contribution in [1.29, 1.82) is 0 Å². The molecule has 1 fully saturated rings. The summed E-state index contributed by atoms with van der Waals surface area (Å²) in [5.74, 6) is -1.08. The van der Waals surface area contributed by atoms with Gasteiger partial charge in [0.1, 0.15) is 5.75 Å². The molecule has 1 saturated heterocycles. The molecule has 140 valence electrons. The Morgan fingerprint density at radius 3 is 2.88 bits per heavy atom. The molecule has 0 saturated carbocycles. The highest BCUT2D eigenvalue weighted by molar-refractivity contribution is 7.91. The largest absolute Gasteiger partial charge is 0.496 e. The Balaban J connectivity index is 2.35. The minimum atomic E-state index is -3.70. The van der Waals surface area contributed by atoms with Gasteiger partial charge in [0.15, 0.2) is 9.84 Å². The van der Waals surface area contributed by atoms with Crippen molar-refractivity contribution in [3.8, 4) is 5.75 Å². The van der Waals surface area contributed by atoms with E-state index < -0.39 is 22.8 Å². The van der Waals surface area contributed by atoms with E-state index in [1.165, 1.54) is 6.92 Å². The SMILES string of the molecule is [2H]C([2H])([2H])Oc1cc(N)c(S(=O)(=O)CC)cc1C(=O)NCC1CCCN1CC. The standard InChI is InChI=1S/C17H27N3O4S/c1-4-20-8-6-7-12(20)11-19-17(21)13-9-16(25(22,23)5-2)14(18)10-15(13)24-3/h9-10,12H,4-8,11,18H2,1-3H3,(H,19,21)/i3D3. The maximum absolute atomic E-state index is 12.8. The molecular formula is C17H27N3O4S. The van der Waals surface area contributed by atoms with Crippen LogP contribution in [0.25, 0.3) is 0 Å². The number of hydrogen-bond donors (Lipinski definition) is 2. The van der Waals surface area contributed by atoms with Crippen LogP contribution in [-0.2, 0) is 9.84 Å². The van der Waals surface area contributed by atoms with Gasteiger partial charge >= 0.3 is 0 Å². The fraction of sp³-hybridized carbons (Fsp3) is 0.588. The van der Waals surface area contributed by atoms with Gasteiger partial charge in [0.05, 0.1) is 33.0 Å². The lowest BCUT2D eigenvalue weighted by molar-refractivity contribution is 0.0938. The van der Waals surface area contributed by atoms with Gasteiger partial charge in [0.25, 0.3) is 5.91 Å². The number of carbonyl (C=O) groups is 1. The Hall–Kier alpha value is -1.80. The van der Waals surface area contributed by atoms with Crippen LogP contribution in [0.4, 0.5) is 5.69 Å². The van der Waals surface area contributed by atoms with Gasteiger partial charge in [-0.3, -0.25) is 9.69 Å². The summed E-state index contributed by atoms with van der Waals surface area (Å²) in [7, 11) is -6.51. The summed E-state index contributed by atoms with van der Waals surface area (Å²) in [5, 5.41) is 2.77. The Kier molecular flexibility index (Phi) is 4.98. The summed E-state index contributed by atoms with van der Waals surface area (Å²) in [5.41, 5.74) is 5.47. The van der Waals surface area contributed by atoms with Crippen molar-refractivity contribution in [1.82, 2.24) is 10.2 Å². The predicted molar refractivity (Wildman–Crippen MR) is 97.7 cm³/mol. The molecular weight excluding hydrogens is 342 g/mol. The van der Waals surface area contributed by atoms with Crippen molar-refractivity contribution in [2.75, 3.05) is 38.2 Å². The quantitative estimate of drug-likeness (QED) is 0.699. The fourth-order valence-corrected chi connectivity index (χ4v) is 4.14. The van der Waals surface area contributed by atoms with Crippen molar-refractivity contribution in [3.05, 3.63) is 17.7 Å². The van der Waals surface area contributed by atoms with Gasteiger partial charge in [-0.2, -0.15) is 0 Å². The third kappa shape index (κ3) is 4.24. The first kappa shape index (κ1) is 15.5. The maximum Gasteiger partial charge on any atom is 0.255 e. The van der Waals surface area contributed by atoms with E-state index in [4.69, 9.17) is 14.6 Å². The predicted octanol–water partition coefficient (Wildman–Crippen LogP) is 1.29. The first-order valence-corrected chi connectivity index (χ1v) is 10.0. The highest BCUT2D eigenvalue weighted by Crippen LogP contribution is 2.29. The molecule has 1 unspecified atom stereocenters. The molecule has 1 amide bonds. The van der Waals surface area contributed by atoms with Crippen LogP contribution in [0.15, 0.2) is 17.0 Å². The van der Waals surface area contributed by atoms with Gasteiger partial charge < -0.3 is 15.8 Å². The van der Waals surface area contributed by atoms with Crippen molar-refractivity contribution >= 4 is 21.4 Å². The number of anilines is 1. The number of rotatable bonds is 7. The number of hydrogen-bond acceptors (Lipinski definition) is 6. The van der Waals surface area contributed by atoms with Crippen molar-refractivity contribution < 1.29 is 22.1 Å². The Labute approximate surface area is 153 Å². The number of likely N-dealkylation sites (N-methyl/N-ethyl adjacent to an activating group) is 1. The zero-order valence-corrected chi connectivity index (χ0v) is 15.4. The first-order chi connectivity index (χ1) is 13.0. The minimum Gasteiger partial charge on any atom is -0.496 e. The second kappa shape index (κ2) is 8.05. The highest BCUT2D eigenvalue weighted by atomic mass is 32.2. The molecule has 7 nitrogen and oxygen atoms in total. The third-order valence-corrected chi connectivity index (χ3v) is 6.37. The van der Waals surface area contributed by atoms with Crippen LogP contribution in [0.5, 0.6) is 5.75 Å². The number of sulfone groups is 1. The van der Waals surface area contributed by atoms with Crippen molar-refractivity contribution in [2.24, 2.45) is 0 Å². The Bertz CT molecular complexity index is 828. The number of nitrogen functional groups attached to an aromatic ring is 1. The van der Waals surface area contributed by atoms with Gasteiger partial charge in [-0.15, -0.1) is 0 Å². The summed E-state index contributed by atoms with van der Waals surface area (Å²) in [6, 6.07) is 2.36. The van der Waals surface area contributed by atoms with E-state index >= 15 is 0 Å². The molecule has 0 spiro atoms. The lowest BCUT2D eigenvalue weighted by atomic mass is 10.1. The van der Waals surface area contributed by atoms with Crippen LogP contribution < -0.4 is 15.8 Å². The molecule has 0 bridgehead atoms. The number of carbonyl (C=O) groups excluding carboxylic acids is 1. The van der Waals surface area contributed by atoms with Crippen molar-refractivity contribution in [3.63, 3.8) is 0 Å². The average Bonchev–Trinajstić information content (AvgIpc) is 3.05. The number of nitrogens with zero attached hydrogens (tertiary/aromatic N) is 1. The summed E-state index contributed by atoms with van der Waals surface area (Å²) in [6.45, 7) is 5.71. The van der Waals surface area contributed by atoms with Crippen LogP contribution in [-0.4, -0.2) is 57.7 Å². The number of nitrogens with one attached hydrogen (secondary N) is 1. The topological polar surface area (TPSA) is 102 Å². The molecule has 0 aliphatic carbocycles. The molecule has 2 rings (SSSR count). The van der Waals surface area contributed by atoms with E-state index in [-0.39, 0.29) is 33.7 Å². The molecule has 1 aliphatic rings. The van der Waals surface area contributed by atoms with E-state index in [0.717, 1.165) is 38.1 Å². The van der Waals surface area contributed by atoms with Gasteiger partial charge in [-0.05, 0) is 32.0 Å². The molecule has 0 aromatic heterocycles. The van der Waals surface area contributed by atoms with E-state index in [9.17, 15) is 13.2 Å². The summed E-state index contributed by atoms with van der Waals surface area (Å²) < 4.78 is 51.3. The normalized spacial score (nSPS) is 20.6. The summed E-state index contributed by atoms with van der Waals surface area (Å²) in [4.78, 5) is 14.8. The van der Waals surface area contributed by atoms with Gasteiger partial charge in [-0.25, -0.2) is 8.42 Å². The number of nitrogens with two attached hydrogens (primary N) is 1. The van der Waals surface area contributed by atoms with E-state index in [1.807, 2.05) is 6.92 Å². The molecule has 25 heavy (non-hydrogen) atoms. The number of ether oxygens (including phenoxy) is 1. The lowest BCUT2D eigenvalue weighted by Gasteiger charge is -2.23. The molecule has 1 atom stereocenters. The zero-order valence-electron chi connectivity index (χ0n) is 17.5. The first-order valence-electron chi connectivity index (χ1n) is 9.86. The highest BCUT2D eigenvalue weighted by Gasteiger charge is 2.25. The van der Waals surface area contributed by atoms with Crippen LogP contribution in [0.1, 0.15) is 41.2 Å². The Morgan fingerprint density at radius 1 is 1.48 bits per heavy atom. The zero-order chi connectivity index (χ0) is 21.1. The second-order valence-corrected chi connectivity index (χ2v) is 8.27. The fourth-order valence-electron chi connectivity index (χ4n) is 3.11. The van der Waals surface area contributed by atoms with E-state index in [2.05, 4.69) is 10.2 Å². The molecule has 8 heteroatoms. The monoisotopic (exact) mass is 372 g/mol. The molecule has 0 radical (unpaired) electrons. The average molecular weight is 373 g/mol.